The van der Waals surface area contributed by atoms with Gasteiger partial charge < -0.3 is 15.0 Å². The quantitative estimate of drug-likeness (QED) is 0.734. The van der Waals surface area contributed by atoms with Gasteiger partial charge in [-0.25, -0.2) is 4.98 Å². The Labute approximate surface area is 126 Å². The molecule has 0 aliphatic heterocycles. The van der Waals surface area contributed by atoms with Gasteiger partial charge in [0.2, 0.25) is 0 Å². The summed E-state index contributed by atoms with van der Waals surface area (Å²) in [7, 11) is 0. The van der Waals surface area contributed by atoms with Gasteiger partial charge >= 0.3 is 6.61 Å². The molecule has 0 aliphatic carbocycles. The summed E-state index contributed by atoms with van der Waals surface area (Å²) in [4.78, 5) is 7.15. The number of rotatable bonds is 8. The van der Waals surface area contributed by atoms with Crippen LogP contribution in [0.25, 0.3) is 0 Å². The van der Waals surface area contributed by atoms with Crippen LogP contribution in [0.2, 0.25) is 5.02 Å². The molecule has 0 amide bonds. The number of H-pyrrole nitrogens is 1. The van der Waals surface area contributed by atoms with Crippen molar-refractivity contribution in [1.29, 1.82) is 0 Å². The van der Waals surface area contributed by atoms with Crippen molar-refractivity contribution in [3.05, 3.63) is 47.0 Å². The van der Waals surface area contributed by atoms with Gasteiger partial charge in [0.1, 0.15) is 11.6 Å². The van der Waals surface area contributed by atoms with E-state index in [4.69, 9.17) is 11.6 Å². The maximum Gasteiger partial charge on any atom is 0.387 e. The molecule has 2 rings (SSSR count). The van der Waals surface area contributed by atoms with Crippen LogP contribution < -0.4 is 10.1 Å². The molecule has 1 aromatic carbocycles. The Hall–Kier alpha value is -1.66. The summed E-state index contributed by atoms with van der Waals surface area (Å²) in [5.74, 6) is 1.08. The van der Waals surface area contributed by atoms with E-state index in [-0.39, 0.29) is 5.75 Å². The molecular weight excluding hydrogens is 300 g/mol. The molecule has 114 valence electrons. The third kappa shape index (κ3) is 5.32. The number of benzene rings is 1. The number of ether oxygens (including phenoxy) is 1. The van der Waals surface area contributed by atoms with Gasteiger partial charge in [0.05, 0.1) is 0 Å². The van der Waals surface area contributed by atoms with Crippen LogP contribution in [0.5, 0.6) is 5.75 Å². The average molecular weight is 316 g/mol. The first-order chi connectivity index (χ1) is 10.1. The van der Waals surface area contributed by atoms with Gasteiger partial charge in [-0.2, -0.15) is 8.78 Å². The number of imidazole rings is 1. The number of aromatic nitrogens is 2. The number of hydrogen-bond donors (Lipinski definition) is 2. The Morgan fingerprint density at radius 2 is 2.24 bits per heavy atom. The fourth-order valence-corrected chi connectivity index (χ4v) is 2.13. The molecule has 1 heterocycles. The highest BCUT2D eigenvalue weighted by Crippen LogP contribution is 2.24. The molecule has 0 atom stereocenters. The van der Waals surface area contributed by atoms with E-state index in [0.717, 1.165) is 25.2 Å². The zero-order chi connectivity index (χ0) is 15.1. The lowest BCUT2D eigenvalue weighted by atomic mass is 10.2. The first-order valence-corrected chi connectivity index (χ1v) is 6.95. The highest BCUT2D eigenvalue weighted by Gasteiger charge is 2.10. The third-order valence-electron chi connectivity index (χ3n) is 2.88. The number of nitrogens with one attached hydrogen (secondary N) is 2. The summed E-state index contributed by atoms with van der Waals surface area (Å²) in [6.45, 7) is -1.69. The van der Waals surface area contributed by atoms with Gasteiger partial charge in [-0.3, -0.25) is 0 Å². The van der Waals surface area contributed by atoms with Crippen molar-refractivity contribution in [2.24, 2.45) is 0 Å². The van der Waals surface area contributed by atoms with Crippen molar-refractivity contribution in [3.63, 3.8) is 0 Å². The van der Waals surface area contributed by atoms with Gasteiger partial charge in [-0.15, -0.1) is 0 Å². The van der Waals surface area contributed by atoms with Crippen LogP contribution in [0, 0.1) is 0 Å². The summed E-state index contributed by atoms with van der Waals surface area (Å²) in [6.07, 6.45) is 5.21. The standard InChI is InChI=1S/C14H16ClF2N3O/c15-11-3-4-12(21-14(16)17)10(8-11)9-18-5-1-2-13-19-6-7-20-13/h3-4,6-8,14,18H,1-2,5,9H2,(H,19,20). The minimum absolute atomic E-state index is 0.146. The molecule has 0 saturated carbocycles. The van der Waals surface area contributed by atoms with Crippen molar-refractivity contribution >= 4 is 11.6 Å². The van der Waals surface area contributed by atoms with E-state index in [2.05, 4.69) is 20.0 Å². The smallest absolute Gasteiger partial charge is 0.387 e. The monoisotopic (exact) mass is 315 g/mol. The molecular formula is C14H16ClF2N3O. The summed E-state index contributed by atoms with van der Waals surface area (Å²) < 4.78 is 29.1. The molecule has 0 bridgehead atoms. The van der Waals surface area contributed by atoms with Gasteiger partial charge in [0, 0.05) is 35.9 Å². The van der Waals surface area contributed by atoms with Crippen molar-refractivity contribution in [3.8, 4) is 5.75 Å². The fourth-order valence-electron chi connectivity index (χ4n) is 1.94. The lowest BCUT2D eigenvalue weighted by Crippen LogP contribution is -2.17. The van der Waals surface area contributed by atoms with Crippen molar-refractivity contribution in [1.82, 2.24) is 15.3 Å². The third-order valence-corrected chi connectivity index (χ3v) is 3.11. The van der Waals surface area contributed by atoms with Gasteiger partial charge in [0.25, 0.3) is 0 Å². The molecule has 7 heteroatoms. The number of aryl methyl sites for hydroxylation is 1. The van der Waals surface area contributed by atoms with Crippen LogP contribution in [0.4, 0.5) is 8.78 Å². The lowest BCUT2D eigenvalue weighted by molar-refractivity contribution is -0.0504. The molecule has 21 heavy (non-hydrogen) atoms. The largest absolute Gasteiger partial charge is 0.434 e. The highest BCUT2D eigenvalue weighted by atomic mass is 35.5. The first-order valence-electron chi connectivity index (χ1n) is 6.57. The zero-order valence-electron chi connectivity index (χ0n) is 11.3. The van der Waals surface area contributed by atoms with Crippen molar-refractivity contribution in [2.45, 2.75) is 26.0 Å². The lowest BCUT2D eigenvalue weighted by Gasteiger charge is -2.12. The number of nitrogens with zero attached hydrogens (tertiary/aromatic N) is 1. The van der Waals surface area contributed by atoms with Crippen molar-refractivity contribution in [2.75, 3.05) is 6.54 Å². The minimum Gasteiger partial charge on any atom is -0.434 e. The van der Waals surface area contributed by atoms with Gasteiger partial charge in [-0.1, -0.05) is 11.6 Å². The van der Waals surface area contributed by atoms with E-state index in [9.17, 15) is 8.78 Å². The molecule has 0 spiro atoms. The Bertz CT molecular complexity index is 549. The maximum atomic E-state index is 12.3. The van der Waals surface area contributed by atoms with E-state index in [1.165, 1.54) is 12.1 Å². The molecule has 1 aromatic heterocycles. The highest BCUT2D eigenvalue weighted by molar-refractivity contribution is 6.30. The topological polar surface area (TPSA) is 49.9 Å². The number of halogens is 3. The number of hydrogen-bond acceptors (Lipinski definition) is 3. The maximum absolute atomic E-state index is 12.3. The van der Waals surface area contributed by atoms with E-state index in [1.807, 2.05) is 0 Å². The molecule has 0 saturated heterocycles. The molecule has 0 aliphatic rings. The van der Waals surface area contributed by atoms with Gasteiger partial charge in [-0.05, 0) is 31.2 Å². The van der Waals surface area contributed by atoms with Crippen LogP contribution in [0.15, 0.2) is 30.6 Å². The van der Waals surface area contributed by atoms with Crippen LogP contribution >= 0.6 is 11.6 Å². The summed E-state index contributed by atoms with van der Waals surface area (Å²) in [6, 6.07) is 4.60. The normalized spacial score (nSPS) is 11.0. The molecule has 0 unspecified atom stereocenters. The Kier molecular flexibility index (Phi) is 5.95. The number of aromatic amines is 1. The van der Waals surface area contributed by atoms with Gasteiger partial charge in [0.15, 0.2) is 0 Å². The van der Waals surface area contributed by atoms with E-state index in [1.54, 1.807) is 18.5 Å². The van der Waals surface area contributed by atoms with Crippen LogP contribution in [0.1, 0.15) is 17.8 Å². The zero-order valence-corrected chi connectivity index (χ0v) is 12.0. The predicted molar refractivity (Wildman–Crippen MR) is 76.7 cm³/mol. The van der Waals surface area contributed by atoms with Crippen molar-refractivity contribution < 1.29 is 13.5 Å². The first kappa shape index (κ1) is 15.7. The minimum atomic E-state index is -2.84. The fraction of sp³-hybridized carbons (Fsp3) is 0.357. The van der Waals surface area contributed by atoms with E-state index in [0.29, 0.717) is 17.1 Å². The SMILES string of the molecule is FC(F)Oc1ccc(Cl)cc1CNCCCc1ncc[nH]1. The molecule has 0 radical (unpaired) electrons. The van der Waals surface area contributed by atoms with E-state index >= 15 is 0 Å². The molecule has 0 fully saturated rings. The summed E-state index contributed by atoms with van der Waals surface area (Å²) in [5.41, 5.74) is 0.612. The predicted octanol–water partition coefficient (Wildman–Crippen LogP) is 3.39. The second kappa shape index (κ2) is 7.95. The second-order valence-electron chi connectivity index (χ2n) is 4.45. The molecule has 2 aromatic rings. The summed E-state index contributed by atoms with van der Waals surface area (Å²) >= 11 is 5.88. The van der Waals surface area contributed by atoms with Crippen LogP contribution in [-0.2, 0) is 13.0 Å². The Morgan fingerprint density at radius 1 is 1.38 bits per heavy atom. The Morgan fingerprint density at radius 3 is 2.95 bits per heavy atom. The molecule has 4 nitrogen and oxygen atoms in total. The number of alkyl halides is 2. The van der Waals surface area contributed by atoms with Crippen LogP contribution in [0.3, 0.4) is 0 Å². The Balaban J connectivity index is 1.80. The second-order valence-corrected chi connectivity index (χ2v) is 4.88. The summed E-state index contributed by atoms with van der Waals surface area (Å²) in [5, 5.41) is 3.67. The molecule has 2 N–H and O–H groups in total. The van der Waals surface area contributed by atoms with E-state index < -0.39 is 6.61 Å². The van der Waals surface area contributed by atoms with Crippen LogP contribution in [-0.4, -0.2) is 23.1 Å². The average Bonchev–Trinajstić information content (AvgIpc) is 2.94.